The van der Waals surface area contributed by atoms with Crippen molar-refractivity contribution in [3.63, 3.8) is 0 Å². The van der Waals surface area contributed by atoms with Crippen molar-refractivity contribution in [2.24, 2.45) is 5.41 Å². The maximum absolute atomic E-state index is 4.05. The van der Waals surface area contributed by atoms with E-state index >= 15 is 0 Å². The Hall–Kier alpha value is -1.21. The number of allylic oxidation sites excluding steroid dienone is 3. The molecule has 0 aliphatic heterocycles. The first-order valence-corrected chi connectivity index (χ1v) is 6.51. The molecule has 0 nitrogen and oxygen atoms in total. The van der Waals surface area contributed by atoms with Crippen LogP contribution in [0.3, 0.4) is 0 Å². The van der Waals surface area contributed by atoms with Gasteiger partial charge in [0.15, 0.2) is 0 Å². The van der Waals surface area contributed by atoms with Gasteiger partial charge in [-0.05, 0) is 19.1 Å². The summed E-state index contributed by atoms with van der Waals surface area (Å²) in [5.74, 6) is 0. The lowest BCUT2D eigenvalue weighted by Crippen LogP contribution is -2.00. The topological polar surface area (TPSA) is 0 Å². The van der Waals surface area contributed by atoms with E-state index in [1.165, 1.54) is 10.5 Å². The van der Waals surface area contributed by atoms with Crippen LogP contribution in [-0.4, -0.2) is 0 Å². The summed E-state index contributed by atoms with van der Waals surface area (Å²) < 4.78 is 0. The van der Waals surface area contributed by atoms with Crippen molar-refractivity contribution in [3.8, 4) is 0 Å². The third-order valence-corrected chi connectivity index (χ3v) is 3.40. The monoisotopic (exact) mass is 244 g/mol. The Morgan fingerprint density at radius 1 is 1.24 bits per heavy atom. The molecule has 0 fully saturated rings. The first-order valence-electron chi connectivity index (χ1n) is 5.69. The molecule has 0 aromatic heterocycles. The zero-order valence-corrected chi connectivity index (χ0v) is 11.7. The molecule has 0 aliphatic rings. The average molecular weight is 244 g/mol. The lowest BCUT2D eigenvalue weighted by Gasteiger charge is -2.13. The Balaban J connectivity index is 2.61. The Labute approximate surface area is 109 Å². The number of hydrogen-bond acceptors (Lipinski definition) is 1. The summed E-state index contributed by atoms with van der Waals surface area (Å²) in [4.78, 5) is 2.27. The summed E-state index contributed by atoms with van der Waals surface area (Å²) in [6.45, 7) is 14.2. The molecular weight excluding hydrogens is 224 g/mol. The SMILES string of the molecule is C=CC(C)(C)/C=C\C(=C)Sc1ccc(C)cc1. The van der Waals surface area contributed by atoms with Crippen LogP contribution in [0.4, 0.5) is 0 Å². The average Bonchev–Trinajstić information content (AvgIpc) is 2.30. The fraction of sp³-hybridized carbons (Fsp3) is 0.250. The normalized spacial score (nSPS) is 11.7. The number of hydrogen-bond donors (Lipinski definition) is 0. The second kappa shape index (κ2) is 5.92. The van der Waals surface area contributed by atoms with Crippen molar-refractivity contribution in [1.29, 1.82) is 0 Å². The molecule has 0 bridgehead atoms. The van der Waals surface area contributed by atoms with E-state index in [0.717, 1.165) is 4.91 Å². The maximum atomic E-state index is 4.05. The fourth-order valence-electron chi connectivity index (χ4n) is 1.17. The number of thioether (sulfide) groups is 1. The van der Waals surface area contributed by atoms with E-state index in [1.54, 1.807) is 11.8 Å². The van der Waals surface area contributed by atoms with E-state index in [1.807, 2.05) is 6.08 Å². The molecule has 0 amide bonds. The van der Waals surface area contributed by atoms with Gasteiger partial charge in [0, 0.05) is 15.2 Å². The van der Waals surface area contributed by atoms with Crippen molar-refractivity contribution >= 4 is 11.8 Å². The van der Waals surface area contributed by atoms with Crippen LogP contribution in [0, 0.1) is 12.3 Å². The summed E-state index contributed by atoms with van der Waals surface area (Å²) in [7, 11) is 0. The summed E-state index contributed by atoms with van der Waals surface area (Å²) in [5, 5.41) is 0. The molecule has 0 saturated heterocycles. The van der Waals surface area contributed by atoms with Gasteiger partial charge in [-0.2, -0.15) is 0 Å². The van der Waals surface area contributed by atoms with Crippen LogP contribution >= 0.6 is 11.8 Å². The number of benzene rings is 1. The second-order valence-electron chi connectivity index (χ2n) is 4.74. The van der Waals surface area contributed by atoms with Gasteiger partial charge in [0.1, 0.15) is 0 Å². The largest absolute Gasteiger partial charge is 0.102 e. The Kier molecular flexibility index (Phi) is 4.83. The molecule has 90 valence electrons. The summed E-state index contributed by atoms with van der Waals surface area (Å²) >= 11 is 1.69. The highest BCUT2D eigenvalue weighted by Gasteiger charge is 2.07. The second-order valence-corrected chi connectivity index (χ2v) is 5.94. The third kappa shape index (κ3) is 5.10. The smallest absolute Gasteiger partial charge is 0.0122 e. The highest BCUT2D eigenvalue weighted by Crippen LogP contribution is 2.28. The van der Waals surface area contributed by atoms with E-state index in [-0.39, 0.29) is 5.41 Å². The van der Waals surface area contributed by atoms with E-state index in [9.17, 15) is 0 Å². The summed E-state index contributed by atoms with van der Waals surface area (Å²) in [6.07, 6.45) is 6.13. The van der Waals surface area contributed by atoms with Crippen LogP contribution in [0.5, 0.6) is 0 Å². The molecule has 0 spiro atoms. The Morgan fingerprint density at radius 2 is 1.82 bits per heavy atom. The van der Waals surface area contributed by atoms with Gasteiger partial charge in [0.05, 0.1) is 0 Å². The fourth-order valence-corrected chi connectivity index (χ4v) is 1.88. The molecule has 0 heterocycles. The van der Waals surface area contributed by atoms with Crippen molar-refractivity contribution in [2.75, 3.05) is 0 Å². The van der Waals surface area contributed by atoms with E-state index < -0.39 is 0 Å². The van der Waals surface area contributed by atoms with Gasteiger partial charge in [-0.25, -0.2) is 0 Å². The minimum absolute atomic E-state index is 0.0246. The molecule has 1 aromatic rings. The van der Waals surface area contributed by atoms with Gasteiger partial charge in [-0.1, -0.05) is 68.1 Å². The molecule has 0 aliphatic carbocycles. The molecule has 1 aromatic carbocycles. The molecule has 1 heteroatoms. The number of rotatable bonds is 5. The highest BCUT2D eigenvalue weighted by molar-refractivity contribution is 8.03. The minimum atomic E-state index is 0.0246. The Morgan fingerprint density at radius 3 is 2.35 bits per heavy atom. The molecule has 0 saturated carbocycles. The lowest BCUT2D eigenvalue weighted by molar-refractivity contribution is 0.628. The first-order chi connectivity index (χ1) is 7.93. The van der Waals surface area contributed by atoms with Gasteiger partial charge >= 0.3 is 0 Å². The minimum Gasteiger partial charge on any atom is -0.102 e. The third-order valence-electron chi connectivity index (χ3n) is 2.49. The molecule has 17 heavy (non-hydrogen) atoms. The van der Waals surface area contributed by atoms with Crippen LogP contribution in [0.15, 0.2) is 65.5 Å². The van der Waals surface area contributed by atoms with Crippen LogP contribution in [-0.2, 0) is 0 Å². The zero-order chi connectivity index (χ0) is 12.9. The maximum Gasteiger partial charge on any atom is 0.0122 e. The van der Waals surface area contributed by atoms with E-state index in [0.29, 0.717) is 0 Å². The Bertz CT molecular complexity index is 421. The quantitative estimate of drug-likeness (QED) is 0.381. The molecule has 0 radical (unpaired) electrons. The van der Waals surface area contributed by atoms with E-state index in [4.69, 9.17) is 0 Å². The van der Waals surface area contributed by atoms with Crippen molar-refractivity contribution in [2.45, 2.75) is 25.7 Å². The van der Waals surface area contributed by atoms with Gasteiger partial charge in [-0.15, -0.1) is 6.58 Å². The standard InChI is InChI=1S/C16H20S/c1-6-16(4,5)12-11-14(3)17-15-9-7-13(2)8-10-15/h6-12H,1,3H2,2,4-5H3/b12-11-. The first kappa shape index (κ1) is 13.9. The predicted octanol–water partition coefficient (Wildman–Crippen LogP) is 5.37. The lowest BCUT2D eigenvalue weighted by atomic mass is 9.93. The van der Waals surface area contributed by atoms with Gasteiger partial charge in [-0.3, -0.25) is 0 Å². The molecular formula is C16H20S. The molecule has 0 atom stereocenters. The summed E-state index contributed by atoms with van der Waals surface area (Å²) in [5.41, 5.74) is 1.31. The molecule has 1 rings (SSSR count). The van der Waals surface area contributed by atoms with Crippen molar-refractivity contribution < 1.29 is 0 Å². The zero-order valence-electron chi connectivity index (χ0n) is 10.9. The number of aryl methyl sites for hydroxylation is 1. The van der Waals surface area contributed by atoms with Crippen LogP contribution < -0.4 is 0 Å². The van der Waals surface area contributed by atoms with Gasteiger partial charge in [0.25, 0.3) is 0 Å². The van der Waals surface area contributed by atoms with Gasteiger partial charge in [0.2, 0.25) is 0 Å². The predicted molar refractivity (Wildman–Crippen MR) is 79.3 cm³/mol. The molecule has 0 unspecified atom stereocenters. The van der Waals surface area contributed by atoms with E-state index in [2.05, 4.69) is 70.3 Å². The van der Waals surface area contributed by atoms with Crippen LogP contribution in [0.2, 0.25) is 0 Å². The van der Waals surface area contributed by atoms with Crippen molar-refractivity contribution in [3.05, 3.63) is 66.1 Å². The van der Waals surface area contributed by atoms with Gasteiger partial charge < -0.3 is 0 Å². The van der Waals surface area contributed by atoms with Crippen LogP contribution in [0.1, 0.15) is 19.4 Å². The van der Waals surface area contributed by atoms with Crippen LogP contribution in [0.25, 0.3) is 0 Å². The highest BCUT2D eigenvalue weighted by atomic mass is 32.2. The molecule has 0 N–H and O–H groups in total. The summed E-state index contributed by atoms with van der Waals surface area (Å²) in [6, 6.07) is 8.48. The van der Waals surface area contributed by atoms with Crippen molar-refractivity contribution in [1.82, 2.24) is 0 Å².